The third kappa shape index (κ3) is 4.42. The highest BCUT2D eigenvalue weighted by Gasteiger charge is 2.62. The van der Waals surface area contributed by atoms with Crippen LogP contribution in [0.4, 0.5) is 23.2 Å². The Bertz CT molecular complexity index is 884. The molecule has 32 heavy (non-hydrogen) atoms. The number of aliphatic imine (C=N–C) groups is 1. The molecular formula is C22H27F4N3O3. The van der Waals surface area contributed by atoms with Crippen LogP contribution in [0.2, 0.25) is 0 Å². The van der Waals surface area contributed by atoms with E-state index in [-0.39, 0.29) is 23.4 Å². The Balaban J connectivity index is 1.63. The van der Waals surface area contributed by atoms with Gasteiger partial charge in [0.15, 0.2) is 6.10 Å². The summed E-state index contributed by atoms with van der Waals surface area (Å²) < 4.78 is 65.6. The maximum Gasteiger partial charge on any atom is 0.415 e. The van der Waals surface area contributed by atoms with Gasteiger partial charge in [0.2, 0.25) is 5.91 Å². The lowest BCUT2D eigenvalue weighted by Gasteiger charge is -2.36. The van der Waals surface area contributed by atoms with Gasteiger partial charge in [-0.3, -0.25) is 4.79 Å². The molecular weight excluding hydrogens is 430 g/mol. The maximum atomic E-state index is 14.9. The minimum absolute atomic E-state index is 0.101. The molecule has 2 fully saturated rings. The highest BCUT2D eigenvalue weighted by Crippen LogP contribution is 2.50. The summed E-state index contributed by atoms with van der Waals surface area (Å²) in [4.78, 5) is 16.9. The van der Waals surface area contributed by atoms with E-state index in [1.807, 2.05) is 0 Å². The molecule has 1 saturated carbocycles. The molecule has 1 aromatic rings. The Hall–Kier alpha value is -2.36. The Kier molecular flexibility index (Phi) is 6.33. The SMILES string of the molecule is NC1=NC2(c3cc(NC(=O)C4CCCCCCC4)ccc3F)COC(C(F)(F)F)C2CO1. The third-order valence-corrected chi connectivity index (χ3v) is 6.68. The number of amides is 1. The molecule has 6 nitrogen and oxygen atoms in total. The standard InChI is InChI=1S/C22H27F4N3O3/c23-17-9-8-14(28-19(30)13-6-4-2-1-3-5-7-13)10-15(17)21-12-32-18(22(24,25)26)16(21)11-31-20(27)29-21/h8-10,13,16,18H,1-7,11-12H2,(H2,27,29)(H,28,30). The largest absolute Gasteiger partial charge is 0.465 e. The van der Waals surface area contributed by atoms with E-state index in [0.717, 1.165) is 44.6 Å². The topological polar surface area (TPSA) is 85.9 Å². The number of nitrogens with two attached hydrogens (primary N) is 1. The van der Waals surface area contributed by atoms with E-state index < -0.39 is 42.8 Å². The molecule has 1 aliphatic carbocycles. The maximum absolute atomic E-state index is 14.9. The fourth-order valence-corrected chi connectivity index (χ4v) is 4.99. The lowest BCUT2D eigenvalue weighted by atomic mass is 9.77. The number of ether oxygens (including phenoxy) is 2. The van der Waals surface area contributed by atoms with E-state index in [9.17, 15) is 22.4 Å². The van der Waals surface area contributed by atoms with E-state index in [1.165, 1.54) is 18.6 Å². The van der Waals surface area contributed by atoms with Crippen LogP contribution < -0.4 is 11.1 Å². The highest BCUT2D eigenvalue weighted by molar-refractivity contribution is 5.92. The van der Waals surface area contributed by atoms with Gasteiger partial charge in [-0.15, -0.1) is 0 Å². The number of fused-ring (bicyclic) bond motifs is 1. The van der Waals surface area contributed by atoms with Gasteiger partial charge >= 0.3 is 6.18 Å². The summed E-state index contributed by atoms with van der Waals surface area (Å²) in [7, 11) is 0. The molecule has 0 radical (unpaired) electrons. The van der Waals surface area contributed by atoms with Gasteiger partial charge in [-0.05, 0) is 31.0 Å². The number of benzene rings is 1. The first-order valence-electron chi connectivity index (χ1n) is 11.0. The van der Waals surface area contributed by atoms with Crippen LogP contribution in [0.3, 0.4) is 0 Å². The van der Waals surface area contributed by atoms with Crippen LogP contribution in [-0.2, 0) is 19.8 Å². The number of carbonyl (C=O) groups excluding carboxylic acids is 1. The van der Waals surface area contributed by atoms with Crippen LogP contribution in [0, 0.1) is 17.7 Å². The quantitative estimate of drug-likeness (QED) is 0.665. The molecule has 0 bridgehead atoms. The molecule has 4 rings (SSSR count). The monoisotopic (exact) mass is 457 g/mol. The number of anilines is 1. The smallest absolute Gasteiger partial charge is 0.415 e. The second-order valence-electron chi connectivity index (χ2n) is 8.79. The zero-order chi connectivity index (χ0) is 22.9. The zero-order valence-corrected chi connectivity index (χ0v) is 17.6. The van der Waals surface area contributed by atoms with E-state index >= 15 is 0 Å². The summed E-state index contributed by atoms with van der Waals surface area (Å²) in [5.74, 6) is -2.36. The van der Waals surface area contributed by atoms with Gasteiger partial charge in [0.05, 0.1) is 19.1 Å². The molecule has 2 aliphatic heterocycles. The normalized spacial score (nSPS) is 29.3. The minimum Gasteiger partial charge on any atom is -0.465 e. The van der Waals surface area contributed by atoms with E-state index in [0.29, 0.717) is 5.69 Å². The van der Waals surface area contributed by atoms with Crippen molar-refractivity contribution in [2.75, 3.05) is 18.5 Å². The first-order valence-corrected chi connectivity index (χ1v) is 11.0. The Morgan fingerprint density at radius 2 is 1.84 bits per heavy atom. The molecule has 10 heteroatoms. The van der Waals surface area contributed by atoms with Crippen molar-refractivity contribution in [3.05, 3.63) is 29.6 Å². The molecule has 3 N–H and O–H groups in total. The number of carbonyl (C=O) groups is 1. The van der Waals surface area contributed by atoms with Gasteiger partial charge in [0.1, 0.15) is 11.4 Å². The van der Waals surface area contributed by atoms with Crippen molar-refractivity contribution in [1.82, 2.24) is 0 Å². The summed E-state index contributed by atoms with van der Waals surface area (Å²) >= 11 is 0. The molecule has 176 valence electrons. The fraction of sp³-hybridized carbons (Fsp3) is 0.636. The minimum atomic E-state index is -4.67. The summed E-state index contributed by atoms with van der Waals surface area (Å²) in [5.41, 5.74) is 4.18. The zero-order valence-electron chi connectivity index (χ0n) is 17.6. The Morgan fingerprint density at radius 3 is 2.53 bits per heavy atom. The first kappa shape index (κ1) is 22.8. The summed E-state index contributed by atoms with van der Waals surface area (Å²) in [6, 6.07) is 3.54. The fourth-order valence-electron chi connectivity index (χ4n) is 4.99. The van der Waals surface area contributed by atoms with Crippen LogP contribution in [0.1, 0.15) is 50.5 Å². The van der Waals surface area contributed by atoms with Gasteiger partial charge in [-0.25, -0.2) is 9.38 Å². The summed E-state index contributed by atoms with van der Waals surface area (Å²) in [6.07, 6.45) is 0.0455. The highest BCUT2D eigenvalue weighted by atomic mass is 19.4. The second kappa shape index (κ2) is 8.88. The second-order valence-corrected chi connectivity index (χ2v) is 8.79. The molecule has 3 atom stereocenters. The van der Waals surface area contributed by atoms with Crippen molar-refractivity contribution in [2.24, 2.45) is 22.6 Å². The number of halogens is 4. The molecule has 2 heterocycles. The van der Waals surface area contributed by atoms with Gasteiger partial charge in [-0.1, -0.05) is 32.1 Å². The van der Waals surface area contributed by atoms with Gasteiger partial charge < -0.3 is 20.5 Å². The van der Waals surface area contributed by atoms with Crippen molar-refractivity contribution < 1.29 is 31.8 Å². The van der Waals surface area contributed by atoms with Crippen LogP contribution in [0.15, 0.2) is 23.2 Å². The predicted molar refractivity (Wildman–Crippen MR) is 109 cm³/mol. The average molecular weight is 457 g/mol. The number of nitrogens with zero attached hydrogens (tertiary/aromatic N) is 1. The number of amidine groups is 1. The molecule has 0 aromatic heterocycles. The van der Waals surface area contributed by atoms with Crippen molar-refractivity contribution in [1.29, 1.82) is 0 Å². The van der Waals surface area contributed by atoms with Crippen molar-refractivity contribution >= 4 is 17.6 Å². The average Bonchev–Trinajstić information content (AvgIpc) is 3.09. The predicted octanol–water partition coefficient (Wildman–Crippen LogP) is 4.24. The summed E-state index contributed by atoms with van der Waals surface area (Å²) in [6.45, 7) is -0.902. The molecule has 1 aromatic carbocycles. The molecule has 1 saturated heterocycles. The molecule has 3 aliphatic rings. The van der Waals surface area contributed by atoms with Crippen molar-refractivity contribution in [3.8, 4) is 0 Å². The lowest BCUT2D eigenvalue weighted by molar-refractivity contribution is -0.219. The van der Waals surface area contributed by atoms with Crippen LogP contribution in [0.5, 0.6) is 0 Å². The number of hydrogen-bond acceptors (Lipinski definition) is 5. The molecule has 0 spiro atoms. The number of rotatable bonds is 3. The third-order valence-electron chi connectivity index (χ3n) is 6.68. The number of hydrogen-bond donors (Lipinski definition) is 2. The van der Waals surface area contributed by atoms with Crippen molar-refractivity contribution in [2.45, 2.75) is 62.8 Å². The molecule has 1 amide bonds. The molecule has 3 unspecified atom stereocenters. The van der Waals surface area contributed by atoms with E-state index in [2.05, 4.69) is 10.3 Å². The van der Waals surface area contributed by atoms with Gasteiger partial charge in [-0.2, -0.15) is 13.2 Å². The summed E-state index contributed by atoms with van der Waals surface area (Å²) in [5, 5.41) is 2.82. The van der Waals surface area contributed by atoms with Crippen LogP contribution in [0.25, 0.3) is 0 Å². The first-order chi connectivity index (χ1) is 15.2. The van der Waals surface area contributed by atoms with Gasteiger partial charge in [0, 0.05) is 17.2 Å². The van der Waals surface area contributed by atoms with E-state index in [4.69, 9.17) is 15.2 Å². The number of nitrogens with one attached hydrogen (secondary N) is 1. The Labute approximate surface area is 183 Å². The Morgan fingerprint density at radius 1 is 1.16 bits per heavy atom. The van der Waals surface area contributed by atoms with Crippen molar-refractivity contribution in [3.63, 3.8) is 0 Å². The van der Waals surface area contributed by atoms with Crippen LogP contribution in [-0.4, -0.2) is 37.4 Å². The number of alkyl halides is 3. The van der Waals surface area contributed by atoms with Crippen LogP contribution >= 0.6 is 0 Å². The van der Waals surface area contributed by atoms with E-state index in [1.54, 1.807) is 0 Å². The van der Waals surface area contributed by atoms with Gasteiger partial charge in [0.25, 0.3) is 6.02 Å². The lowest BCUT2D eigenvalue weighted by Crippen LogP contribution is -2.48.